The number of guanidine groups is 1. The summed E-state index contributed by atoms with van der Waals surface area (Å²) in [4.78, 5) is 23.8. The van der Waals surface area contributed by atoms with Crippen LogP contribution in [0.2, 0.25) is 0 Å². The SMILES string of the molecule is Cc1nc(C(=O)NCCN=C(N)N)cc2c1[nH]c1ccccc12. The number of para-hydroxylation sites is 1. The fourth-order valence-corrected chi connectivity index (χ4v) is 2.57. The van der Waals surface area contributed by atoms with E-state index in [0.717, 1.165) is 27.5 Å². The number of hydrogen-bond acceptors (Lipinski definition) is 3. The third kappa shape index (κ3) is 2.94. The van der Waals surface area contributed by atoms with Crippen LogP contribution in [-0.2, 0) is 0 Å². The summed E-state index contributed by atoms with van der Waals surface area (Å²) < 4.78 is 0. The summed E-state index contributed by atoms with van der Waals surface area (Å²) in [6.07, 6.45) is 0. The van der Waals surface area contributed by atoms with Crippen LogP contribution in [0.3, 0.4) is 0 Å². The zero-order chi connectivity index (χ0) is 16.4. The second-order valence-corrected chi connectivity index (χ2v) is 5.25. The van der Waals surface area contributed by atoms with Gasteiger partial charge in [0.1, 0.15) is 5.69 Å². The molecule has 0 radical (unpaired) electrons. The molecule has 0 saturated carbocycles. The maximum atomic E-state index is 12.2. The lowest BCUT2D eigenvalue weighted by molar-refractivity contribution is 0.0950. The number of rotatable bonds is 4. The van der Waals surface area contributed by atoms with E-state index in [0.29, 0.717) is 18.8 Å². The molecule has 0 atom stereocenters. The quantitative estimate of drug-likeness (QED) is 0.326. The maximum Gasteiger partial charge on any atom is 0.269 e. The van der Waals surface area contributed by atoms with Gasteiger partial charge >= 0.3 is 0 Å². The van der Waals surface area contributed by atoms with Crippen LogP contribution in [0, 0.1) is 6.92 Å². The highest BCUT2D eigenvalue weighted by Gasteiger charge is 2.13. The molecule has 0 spiro atoms. The molecule has 0 aliphatic heterocycles. The van der Waals surface area contributed by atoms with Crippen LogP contribution in [0.5, 0.6) is 0 Å². The number of aryl methyl sites for hydroxylation is 1. The minimum absolute atomic E-state index is 0.00781. The van der Waals surface area contributed by atoms with Crippen LogP contribution in [0.15, 0.2) is 35.3 Å². The van der Waals surface area contributed by atoms with Gasteiger partial charge in [-0.05, 0) is 19.1 Å². The predicted molar refractivity (Wildman–Crippen MR) is 91.3 cm³/mol. The van der Waals surface area contributed by atoms with Crippen LogP contribution in [0.1, 0.15) is 16.2 Å². The molecule has 0 bridgehead atoms. The molecule has 7 nitrogen and oxygen atoms in total. The number of aromatic nitrogens is 2. The van der Waals surface area contributed by atoms with Gasteiger partial charge in [-0.2, -0.15) is 0 Å². The first-order valence-corrected chi connectivity index (χ1v) is 7.28. The number of benzene rings is 1. The van der Waals surface area contributed by atoms with Crippen molar-refractivity contribution in [2.24, 2.45) is 16.5 Å². The molecule has 0 aliphatic rings. The van der Waals surface area contributed by atoms with Crippen LogP contribution in [0.25, 0.3) is 21.8 Å². The van der Waals surface area contributed by atoms with Gasteiger partial charge in [0.15, 0.2) is 5.96 Å². The molecule has 3 rings (SSSR count). The van der Waals surface area contributed by atoms with Gasteiger partial charge in [0.05, 0.1) is 17.8 Å². The third-order valence-electron chi connectivity index (χ3n) is 3.60. The Balaban J connectivity index is 1.91. The van der Waals surface area contributed by atoms with Crippen molar-refractivity contribution >= 4 is 33.7 Å². The van der Waals surface area contributed by atoms with Crippen molar-refractivity contribution in [2.45, 2.75) is 6.92 Å². The average Bonchev–Trinajstić information content (AvgIpc) is 2.90. The number of fused-ring (bicyclic) bond motifs is 3. The normalized spacial score (nSPS) is 10.8. The number of nitrogens with zero attached hydrogens (tertiary/aromatic N) is 2. The maximum absolute atomic E-state index is 12.2. The number of aromatic amines is 1. The second-order valence-electron chi connectivity index (χ2n) is 5.25. The van der Waals surface area contributed by atoms with Crippen molar-refractivity contribution in [1.82, 2.24) is 15.3 Å². The van der Waals surface area contributed by atoms with E-state index in [9.17, 15) is 4.79 Å². The summed E-state index contributed by atoms with van der Waals surface area (Å²) in [6, 6.07) is 9.77. The van der Waals surface area contributed by atoms with Crippen molar-refractivity contribution in [2.75, 3.05) is 13.1 Å². The second kappa shape index (κ2) is 5.96. The molecule has 23 heavy (non-hydrogen) atoms. The Hall–Kier alpha value is -3.09. The molecule has 2 aromatic heterocycles. The van der Waals surface area contributed by atoms with Gasteiger partial charge in [-0.1, -0.05) is 18.2 Å². The minimum Gasteiger partial charge on any atom is -0.370 e. The molecular weight excluding hydrogens is 292 g/mol. The fourth-order valence-electron chi connectivity index (χ4n) is 2.57. The lowest BCUT2D eigenvalue weighted by atomic mass is 10.1. The number of H-pyrrole nitrogens is 1. The van der Waals surface area contributed by atoms with Gasteiger partial charge in [0.2, 0.25) is 0 Å². The number of hydrogen-bond donors (Lipinski definition) is 4. The van der Waals surface area contributed by atoms with E-state index < -0.39 is 0 Å². The lowest BCUT2D eigenvalue weighted by Gasteiger charge is -2.05. The molecule has 3 aromatic rings. The molecule has 0 saturated heterocycles. The van der Waals surface area contributed by atoms with E-state index in [4.69, 9.17) is 11.5 Å². The molecule has 118 valence electrons. The van der Waals surface area contributed by atoms with Gasteiger partial charge in [0, 0.05) is 22.8 Å². The number of pyridine rings is 1. The highest BCUT2D eigenvalue weighted by molar-refractivity contribution is 6.10. The van der Waals surface area contributed by atoms with Crippen molar-refractivity contribution in [1.29, 1.82) is 0 Å². The van der Waals surface area contributed by atoms with Crippen LogP contribution < -0.4 is 16.8 Å². The Bertz CT molecular complexity index is 907. The first-order valence-electron chi connectivity index (χ1n) is 7.28. The van der Waals surface area contributed by atoms with E-state index in [2.05, 4.69) is 20.3 Å². The van der Waals surface area contributed by atoms with Gasteiger partial charge in [0.25, 0.3) is 5.91 Å². The Labute approximate surface area is 132 Å². The lowest BCUT2D eigenvalue weighted by Crippen LogP contribution is -2.29. The molecule has 7 heteroatoms. The zero-order valence-electron chi connectivity index (χ0n) is 12.8. The van der Waals surface area contributed by atoms with Crippen LogP contribution in [0.4, 0.5) is 0 Å². The predicted octanol–water partition coefficient (Wildman–Crippen LogP) is 1.03. The van der Waals surface area contributed by atoms with Gasteiger partial charge < -0.3 is 21.8 Å². The Kier molecular flexibility index (Phi) is 3.84. The van der Waals surface area contributed by atoms with E-state index in [1.54, 1.807) is 6.07 Å². The number of nitrogens with two attached hydrogens (primary N) is 2. The third-order valence-corrected chi connectivity index (χ3v) is 3.60. The van der Waals surface area contributed by atoms with Crippen molar-refractivity contribution in [3.05, 3.63) is 41.7 Å². The van der Waals surface area contributed by atoms with E-state index >= 15 is 0 Å². The van der Waals surface area contributed by atoms with Crippen molar-refractivity contribution in [3.8, 4) is 0 Å². The molecule has 1 amide bonds. The number of nitrogens with one attached hydrogen (secondary N) is 2. The summed E-state index contributed by atoms with van der Waals surface area (Å²) >= 11 is 0. The Morgan fingerprint density at radius 3 is 2.87 bits per heavy atom. The molecule has 0 aliphatic carbocycles. The van der Waals surface area contributed by atoms with Gasteiger partial charge in [-0.15, -0.1) is 0 Å². The molecule has 1 aromatic carbocycles. The molecule has 0 unspecified atom stereocenters. The molecule has 2 heterocycles. The first-order chi connectivity index (χ1) is 11.1. The first kappa shape index (κ1) is 14.8. The summed E-state index contributed by atoms with van der Waals surface area (Å²) in [7, 11) is 0. The largest absolute Gasteiger partial charge is 0.370 e. The van der Waals surface area contributed by atoms with Gasteiger partial charge in [-0.3, -0.25) is 9.79 Å². The molecule has 0 fully saturated rings. The van der Waals surface area contributed by atoms with Crippen molar-refractivity contribution < 1.29 is 4.79 Å². The summed E-state index contributed by atoms with van der Waals surface area (Å²) in [5.41, 5.74) is 13.6. The number of carbonyl (C=O) groups excluding carboxylic acids is 1. The summed E-state index contributed by atoms with van der Waals surface area (Å²) in [6.45, 7) is 2.57. The Morgan fingerprint density at radius 2 is 2.09 bits per heavy atom. The highest BCUT2D eigenvalue weighted by Crippen LogP contribution is 2.27. The van der Waals surface area contributed by atoms with E-state index in [1.165, 1.54) is 0 Å². The minimum atomic E-state index is -0.244. The monoisotopic (exact) mass is 310 g/mol. The standard InChI is InChI=1S/C16H18N6O/c1-9-14-11(10-4-2-3-5-12(10)22-14)8-13(21-9)15(23)19-6-7-20-16(17)18/h2-5,8,22H,6-7H2,1H3,(H,19,23)(H4,17,18,20). The summed E-state index contributed by atoms with van der Waals surface area (Å²) in [5.74, 6) is -0.237. The van der Waals surface area contributed by atoms with Crippen LogP contribution in [-0.4, -0.2) is 34.9 Å². The zero-order valence-corrected chi connectivity index (χ0v) is 12.8. The average molecular weight is 310 g/mol. The number of carbonyl (C=O) groups is 1. The molecular formula is C16H18N6O. The highest BCUT2D eigenvalue weighted by atomic mass is 16.1. The van der Waals surface area contributed by atoms with Gasteiger partial charge in [-0.25, -0.2) is 4.98 Å². The van der Waals surface area contributed by atoms with E-state index in [-0.39, 0.29) is 11.9 Å². The fraction of sp³-hybridized carbons (Fsp3) is 0.188. The topological polar surface area (TPSA) is 122 Å². The summed E-state index contributed by atoms with van der Waals surface area (Å²) in [5, 5.41) is 4.82. The Morgan fingerprint density at radius 1 is 1.30 bits per heavy atom. The van der Waals surface area contributed by atoms with Crippen molar-refractivity contribution in [3.63, 3.8) is 0 Å². The molecule has 6 N–H and O–H groups in total. The van der Waals surface area contributed by atoms with Crippen LogP contribution >= 0.6 is 0 Å². The van der Waals surface area contributed by atoms with E-state index in [1.807, 2.05) is 31.2 Å². The number of aliphatic imine (C=N–C) groups is 1. The smallest absolute Gasteiger partial charge is 0.269 e. The number of amides is 1.